The summed E-state index contributed by atoms with van der Waals surface area (Å²) in [5.41, 5.74) is 1.06. The van der Waals surface area contributed by atoms with Gasteiger partial charge in [0.15, 0.2) is 0 Å². The van der Waals surface area contributed by atoms with Gasteiger partial charge in [0.2, 0.25) is 0 Å². The van der Waals surface area contributed by atoms with Crippen LogP contribution in [0.1, 0.15) is 11.1 Å². The molecule has 0 aliphatic heterocycles. The minimum Gasteiger partial charge on any atom is -0.381 e. The molecule has 0 amide bonds. The lowest BCUT2D eigenvalue weighted by Crippen LogP contribution is -2.37. The SMILES string of the molecule is OC(Cn1cncn1)(Cn1ncc2cc(NCc3ccccc3)ccc21)c1ccc(F)cc1F. The van der Waals surface area contributed by atoms with Gasteiger partial charge in [-0.2, -0.15) is 10.2 Å². The number of nitrogens with zero attached hydrogens (tertiary/aromatic N) is 5. The van der Waals surface area contributed by atoms with Crippen molar-refractivity contribution in [3.8, 4) is 0 Å². The summed E-state index contributed by atoms with van der Waals surface area (Å²) in [6.45, 7) is 0.519. The highest BCUT2D eigenvalue weighted by Crippen LogP contribution is 2.30. The number of anilines is 1. The number of benzene rings is 3. The highest BCUT2D eigenvalue weighted by atomic mass is 19.1. The van der Waals surface area contributed by atoms with E-state index >= 15 is 0 Å². The zero-order chi connectivity index (χ0) is 23.5. The molecule has 0 saturated heterocycles. The van der Waals surface area contributed by atoms with Gasteiger partial charge in [-0.1, -0.05) is 36.4 Å². The Balaban J connectivity index is 1.43. The molecule has 5 aromatic rings. The number of rotatable bonds is 8. The molecule has 2 N–H and O–H groups in total. The second-order valence-electron chi connectivity index (χ2n) is 8.16. The molecule has 5 rings (SSSR count). The van der Waals surface area contributed by atoms with Gasteiger partial charge in [0.05, 0.1) is 24.8 Å². The van der Waals surface area contributed by atoms with Crippen molar-refractivity contribution in [3.05, 3.63) is 108 Å². The summed E-state index contributed by atoms with van der Waals surface area (Å²) >= 11 is 0. The lowest BCUT2D eigenvalue weighted by Gasteiger charge is -2.29. The largest absolute Gasteiger partial charge is 0.381 e. The molecular weight excluding hydrogens is 438 g/mol. The topological polar surface area (TPSA) is 80.8 Å². The molecule has 0 aliphatic rings. The third kappa shape index (κ3) is 4.51. The van der Waals surface area contributed by atoms with Crippen molar-refractivity contribution in [1.29, 1.82) is 0 Å². The predicted molar refractivity (Wildman–Crippen MR) is 124 cm³/mol. The summed E-state index contributed by atoms with van der Waals surface area (Å²) in [7, 11) is 0. The highest BCUT2D eigenvalue weighted by molar-refractivity contribution is 5.82. The van der Waals surface area contributed by atoms with Crippen LogP contribution >= 0.6 is 0 Å². The van der Waals surface area contributed by atoms with Gasteiger partial charge in [0, 0.05) is 29.2 Å². The van der Waals surface area contributed by atoms with Crippen LogP contribution in [0.4, 0.5) is 14.5 Å². The van der Waals surface area contributed by atoms with E-state index in [4.69, 9.17) is 0 Å². The van der Waals surface area contributed by atoms with Crippen LogP contribution in [0.15, 0.2) is 85.6 Å². The Labute approximate surface area is 194 Å². The number of hydrogen-bond donors (Lipinski definition) is 2. The maximum absolute atomic E-state index is 14.7. The lowest BCUT2D eigenvalue weighted by molar-refractivity contribution is -0.00734. The molecule has 34 heavy (non-hydrogen) atoms. The number of aliphatic hydroxyl groups is 1. The maximum atomic E-state index is 14.7. The highest BCUT2D eigenvalue weighted by Gasteiger charge is 2.35. The van der Waals surface area contributed by atoms with Crippen molar-refractivity contribution in [2.45, 2.75) is 25.2 Å². The average molecular weight is 460 g/mol. The Morgan fingerprint density at radius 1 is 0.941 bits per heavy atom. The maximum Gasteiger partial charge on any atom is 0.137 e. The quantitative estimate of drug-likeness (QED) is 0.364. The smallest absolute Gasteiger partial charge is 0.137 e. The Morgan fingerprint density at radius 2 is 1.79 bits per heavy atom. The minimum absolute atomic E-state index is 0.0470. The molecule has 9 heteroatoms. The summed E-state index contributed by atoms with van der Waals surface area (Å²) in [6, 6.07) is 19.0. The second kappa shape index (κ2) is 9.03. The van der Waals surface area contributed by atoms with Crippen LogP contribution in [0.2, 0.25) is 0 Å². The molecule has 0 spiro atoms. The fourth-order valence-corrected chi connectivity index (χ4v) is 4.04. The molecule has 3 aromatic carbocycles. The van der Waals surface area contributed by atoms with Gasteiger partial charge in [0.25, 0.3) is 0 Å². The lowest BCUT2D eigenvalue weighted by atomic mass is 9.92. The molecule has 172 valence electrons. The van der Waals surface area contributed by atoms with Crippen LogP contribution < -0.4 is 5.32 Å². The van der Waals surface area contributed by atoms with Gasteiger partial charge in [-0.3, -0.25) is 4.68 Å². The first-order chi connectivity index (χ1) is 16.5. The van der Waals surface area contributed by atoms with Crippen LogP contribution in [-0.4, -0.2) is 29.7 Å². The molecule has 2 heterocycles. The monoisotopic (exact) mass is 460 g/mol. The number of nitrogens with one attached hydrogen (secondary N) is 1. The van der Waals surface area contributed by atoms with Gasteiger partial charge in [-0.25, -0.2) is 18.4 Å². The third-order valence-electron chi connectivity index (χ3n) is 5.72. The van der Waals surface area contributed by atoms with Crippen LogP contribution in [-0.2, 0) is 25.2 Å². The van der Waals surface area contributed by atoms with Gasteiger partial charge >= 0.3 is 0 Å². The fourth-order valence-electron chi connectivity index (χ4n) is 4.04. The average Bonchev–Trinajstić information content (AvgIpc) is 3.48. The Bertz CT molecular complexity index is 1400. The second-order valence-corrected chi connectivity index (χ2v) is 8.16. The minimum atomic E-state index is -1.76. The van der Waals surface area contributed by atoms with E-state index in [1.807, 2.05) is 48.5 Å². The van der Waals surface area contributed by atoms with E-state index in [-0.39, 0.29) is 18.7 Å². The van der Waals surface area contributed by atoms with Gasteiger partial charge in [-0.15, -0.1) is 0 Å². The molecule has 1 unspecified atom stereocenters. The van der Waals surface area contributed by atoms with Crippen LogP contribution in [0.3, 0.4) is 0 Å². The number of halogens is 2. The first-order valence-corrected chi connectivity index (χ1v) is 10.7. The Hall–Kier alpha value is -4.11. The molecule has 0 aliphatic carbocycles. The Morgan fingerprint density at radius 3 is 2.56 bits per heavy atom. The number of aromatic nitrogens is 5. The zero-order valence-corrected chi connectivity index (χ0v) is 18.1. The normalized spacial score (nSPS) is 13.1. The van der Waals surface area contributed by atoms with Crippen LogP contribution in [0.5, 0.6) is 0 Å². The molecule has 7 nitrogen and oxygen atoms in total. The van der Waals surface area contributed by atoms with Gasteiger partial charge < -0.3 is 10.4 Å². The van der Waals surface area contributed by atoms with E-state index in [1.165, 1.54) is 23.4 Å². The standard InChI is InChI=1S/C25H22F2N6O/c26-20-6-8-22(23(27)11-20)25(34,14-32-17-28-16-31-32)15-33-24-9-7-21(10-19(24)13-30-33)29-12-18-4-2-1-3-5-18/h1-11,13,16-17,29,34H,12,14-15H2. The van der Waals surface area contributed by atoms with Crippen molar-refractivity contribution < 1.29 is 13.9 Å². The van der Waals surface area contributed by atoms with Gasteiger partial charge in [0.1, 0.15) is 29.9 Å². The molecule has 0 radical (unpaired) electrons. The summed E-state index contributed by atoms with van der Waals surface area (Å²) in [5, 5.41) is 24.3. The Kier molecular flexibility index (Phi) is 5.77. The van der Waals surface area contributed by atoms with Crippen molar-refractivity contribution >= 4 is 16.6 Å². The summed E-state index contributed by atoms with van der Waals surface area (Å²) in [4.78, 5) is 3.89. The molecule has 0 saturated carbocycles. The van der Waals surface area contributed by atoms with Crippen molar-refractivity contribution in [2.75, 3.05) is 5.32 Å². The zero-order valence-electron chi connectivity index (χ0n) is 18.1. The first-order valence-electron chi connectivity index (χ1n) is 10.7. The number of hydrogen-bond acceptors (Lipinski definition) is 5. The molecule has 2 aromatic heterocycles. The first kappa shape index (κ1) is 21.7. The third-order valence-corrected chi connectivity index (χ3v) is 5.72. The van der Waals surface area contributed by atoms with E-state index in [0.717, 1.165) is 34.3 Å². The summed E-state index contributed by atoms with van der Waals surface area (Å²) in [6.07, 6.45) is 4.45. The molecule has 0 fully saturated rings. The molecule has 1 atom stereocenters. The summed E-state index contributed by atoms with van der Waals surface area (Å²) < 4.78 is 31.3. The number of fused-ring (bicyclic) bond motifs is 1. The van der Waals surface area contributed by atoms with E-state index in [0.29, 0.717) is 6.54 Å². The molecular formula is C25H22F2N6O. The van der Waals surface area contributed by atoms with E-state index in [2.05, 4.69) is 20.5 Å². The predicted octanol–water partition coefficient (Wildman–Crippen LogP) is 4.11. The van der Waals surface area contributed by atoms with Crippen molar-refractivity contribution in [1.82, 2.24) is 24.5 Å². The van der Waals surface area contributed by atoms with E-state index in [9.17, 15) is 13.9 Å². The van der Waals surface area contributed by atoms with Crippen molar-refractivity contribution in [3.63, 3.8) is 0 Å². The van der Waals surface area contributed by atoms with E-state index in [1.54, 1.807) is 10.9 Å². The molecule has 0 bridgehead atoms. The van der Waals surface area contributed by atoms with Crippen LogP contribution in [0, 0.1) is 11.6 Å². The van der Waals surface area contributed by atoms with E-state index < -0.39 is 17.2 Å². The fraction of sp³-hybridized carbons (Fsp3) is 0.160. The van der Waals surface area contributed by atoms with Gasteiger partial charge in [-0.05, 0) is 29.8 Å². The van der Waals surface area contributed by atoms with Crippen molar-refractivity contribution in [2.24, 2.45) is 0 Å². The summed E-state index contributed by atoms with van der Waals surface area (Å²) in [5.74, 6) is -1.56. The van der Waals surface area contributed by atoms with Crippen LogP contribution in [0.25, 0.3) is 10.9 Å².